The summed E-state index contributed by atoms with van der Waals surface area (Å²) in [6.45, 7) is 2.37. The van der Waals surface area contributed by atoms with Gasteiger partial charge in [-0.15, -0.1) is 0 Å². The maximum absolute atomic E-state index is 12.7. The predicted molar refractivity (Wildman–Crippen MR) is 109 cm³/mol. The van der Waals surface area contributed by atoms with Crippen molar-refractivity contribution in [1.82, 2.24) is 0 Å². The van der Waals surface area contributed by atoms with Crippen LogP contribution in [0.1, 0.15) is 12.0 Å². The lowest BCUT2D eigenvalue weighted by Crippen LogP contribution is -2.28. The summed E-state index contributed by atoms with van der Waals surface area (Å²) in [7, 11) is 3.96. The van der Waals surface area contributed by atoms with Gasteiger partial charge in [0.25, 0.3) is 0 Å². The third kappa shape index (κ3) is 3.90. The van der Waals surface area contributed by atoms with Crippen molar-refractivity contribution in [3.8, 4) is 0 Å². The van der Waals surface area contributed by atoms with Gasteiger partial charge in [-0.05, 0) is 48.9 Å². The molecule has 0 spiro atoms. The predicted octanol–water partition coefficient (Wildman–Crippen LogP) is 3.82. The fraction of sp³-hybridized carbons (Fsp3) is 0.300. The monoisotopic (exact) mass is 415 g/mol. The second-order valence-electron chi connectivity index (χ2n) is 6.77. The number of nitrogens with zero attached hydrogens (tertiary/aromatic N) is 2. The van der Waals surface area contributed by atoms with Crippen molar-refractivity contribution in [2.45, 2.75) is 13.3 Å². The van der Waals surface area contributed by atoms with Crippen LogP contribution < -0.4 is 15.1 Å². The molecule has 136 valence electrons. The van der Waals surface area contributed by atoms with Gasteiger partial charge in [0.05, 0.1) is 5.92 Å². The van der Waals surface area contributed by atoms with Crippen LogP contribution in [0, 0.1) is 12.8 Å². The molecule has 3 rings (SSSR count). The minimum Gasteiger partial charge on any atom is -0.378 e. The first kappa shape index (κ1) is 18.5. The molecule has 1 aliphatic heterocycles. The largest absolute Gasteiger partial charge is 0.378 e. The van der Waals surface area contributed by atoms with Crippen LogP contribution in [0.15, 0.2) is 46.9 Å². The summed E-state index contributed by atoms with van der Waals surface area (Å²) < 4.78 is 0.910. The summed E-state index contributed by atoms with van der Waals surface area (Å²) in [6, 6.07) is 13.5. The van der Waals surface area contributed by atoms with Gasteiger partial charge in [-0.1, -0.05) is 22.0 Å². The van der Waals surface area contributed by atoms with E-state index in [0.717, 1.165) is 27.1 Å². The summed E-state index contributed by atoms with van der Waals surface area (Å²) in [4.78, 5) is 28.7. The molecule has 0 radical (unpaired) electrons. The molecule has 1 saturated heterocycles. The van der Waals surface area contributed by atoms with Crippen molar-refractivity contribution in [2.75, 3.05) is 35.8 Å². The normalized spacial score (nSPS) is 16.7. The summed E-state index contributed by atoms with van der Waals surface area (Å²) in [5, 5.41) is 2.98. The van der Waals surface area contributed by atoms with Gasteiger partial charge >= 0.3 is 0 Å². The van der Waals surface area contributed by atoms with Gasteiger partial charge in [-0.2, -0.15) is 0 Å². The molecule has 2 amide bonds. The highest BCUT2D eigenvalue weighted by Crippen LogP contribution is 2.29. The molecule has 2 aromatic carbocycles. The molecule has 1 unspecified atom stereocenters. The number of halogens is 1. The Morgan fingerprint density at radius 1 is 1.23 bits per heavy atom. The first-order chi connectivity index (χ1) is 12.3. The quantitative estimate of drug-likeness (QED) is 0.825. The summed E-state index contributed by atoms with van der Waals surface area (Å²) >= 11 is 3.42. The number of rotatable bonds is 4. The third-order valence-electron chi connectivity index (χ3n) is 4.60. The standard InChI is InChI=1S/C20H22BrN3O2/c1-13-9-16(23(2)3)7-8-18(13)22-20(26)14-10-19(25)24(12-14)17-6-4-5-15(21)11-17/h4-9,11,14H,10,12H2,1-3H3,(H,22,26). The molecule has 0 bridgehead atoms. The minimum absolute atomic E-state index is 0.0251. The number of aryl methyl sites for hydroxylation is 1. The Morgan fingerprint density at radius 2 is 2.00 bits per heavy atom. The molecule has 2 aromatic rings. The minimum atomic E-state index is -0.352. The molecule has 1 fully saturated rings. The maximum atomic E-state index is 12.7. The summed E-state index contributed by atoms with van der Waals surface area (Å²) in [5.74, 6) is -0.492. The van der Waals surface area contributed by atoms with E-state index in [1.165, 1.54) is 0 Å². The number of benzene rings is 2. The van der Waals surface area contributed by atoms with Crippen LogP contribution in [-0.4, -0.2) is 32.5 Å². The molecule has 0 saturated carbocycles. The Labute approximate surface area is 162 Å². The van der Waals surface area contributed by atoms with Crippen LogP contribution in [0.3, 0.4) is 0 Å². The van der Waals surface area contributed by atoms with Crippen LogP contribution in [0.2, 0.25) is 0 Å². The van der Waals surface area contributed by atoms with Crippen molar-refractivity contribution in [1.29, 1.82) is 0 Å². The average molecular weight is 416 g/mol. The maximum Gasteiger partial charge on any atom is 0.229 e. The van der Waals surface area contributed by atoms with Gasteiger partial charge in [0.1, 0.15) is 0 Å². The lowest BCUT2D eigenvalue weighted by atomic mass is 10.1. The zero-order chi connectivity index (χ0) is 18.8. The highest BCUT2D eigenvalue weighted by atomic mass is 79.9. The van der Waals surface area contributed by atoms with Gasteiger partial charge in [0, 0.05) is 48.6 Å². The number of nitrogens with one attached hydrogen (secondary N) is 1. The Kier molecular flexibility index (Phi) is 5.32. The van der Waals surface area contributed by atoms with E-state index in [4.69, 9.17) is 0 Å². The van der Waals surface area contributed by atoms with Crippen LogP contribution in [-0.2, 0) is 9.59 Å². The number of hydrogen-bond donors (Lipinski definition) is 1. The van der Waals surface area contributed by atoms with Gasteiger partial charge in [-0.3, -0.25) is 9.59 Å². The first-order valence-corrected chi connectivity index (χ1v) is 9.29. The highest BCUT2D eigenvalue weighted by molar-refractivity contribution is 9.10. The molecular weight excluding hydrogens is 394 g/mol. The third-order valence-corrected chi connectivity index (χ3v) is 5.09. The van der Waals surface area contributed by atoms with E-state index in [0.29, 0.717) is 6.54 Å². The Hall–Kier alpha value is -2.34. The van der Waals surface area contributed by atoms with Crippen molar-refractivity contribution in [3.63, 3.8) is 0 Å². The first-order valence-electron chi connectivity index (χ1n) is 8.50. The van der Waals surface area contributed by atoms with E-state index in [1.54, 1.807) is 4.90 Å². The van der Waals surface area contributed by atoms with E-state index in [-0.39, 0.29) is 24.2 Å². The molecule has 5 nitrogen and oxygen atoms in total. The van der Waals surface area contributed by atoms with E-state index >= 15 is 0 Å². The van der Waals surface area contributed by atoms with Crippen molar-refractivity contribution in [3.05, 3.63) is 52.5 Å². The molecule has 1 aliphatic rings. The number of anilines is 3. The van der Waals surface area contributed by atoms with E-state index < -0.39 is 0 Å². The fourth-order valence-corrected chi connectivity index (χ4v) is 3.46. The SMILES string of the molecule is Cc1cc(N(C)C)ccc1NC(=O)C1CC(=O)N(c2cccc(Br)c2)C1. The van der Waals surface area contributed by atoms with Crippen LogP contribution in [0.4, 0.5) is 17.1 Å². The number of carbonyl (C=O) groups is 2. The molecule has 0 aliphatic carbocycles. The average Bonchev–Trinajstić information content (AvgIpc) is 2.98. The van der Waals surface area contributed by atoms with Crippen LogP contribution in [0.25, 0.3) is 0 Å². The van der Waals surface area contributed by atoms with E-state index in [2.05, 4.69) is 21.2 Å². The Balaban J connectivity index is 1.70. The Morgan fingerprint density at radius 3 is 2.65 bits per heavy atom. The van der Waals surface area contributed by atoms with Crippen LogP contribution >= 0.6 is 15.9 Å². The van der Waals surface area contributed by atoms with Gasteiger partial charge in [0.2, 0.25) is 11.8 Å². The number of amides is 2. The van der Waals surface area contributed by atoms with Crippen LogP contribution in [0.5, 0.6) is 0 Å². The molecular formula is C20H22BrN3O2. The summed E-state index contributed by atoms with van der Waals surface area (Å²) in [5.41, 5.74) is 3.68. The zero-order valence-corrected chi connectivity index (χ0v) is 16.7. The van der Waals surface area contributed by atoms with Crippen molar-refractivity contribution in [2.24, 2.45) is 5.92 Å². The molecule has 26 heavy (non-hydrogen) atoms. The lowest BCUT2D eigenvalue weighted by Gasteiger charge is -2.18. The van der Waals surface area contributed by atoms with Gasteiger partial charge < -0.3 is 15.1 Å². The van der Waals surface area contributed by atoms with Gasteiger partial charge in [0.15, 0.2) is 0 Å². The van der Waals surface area contributed by atoms with Crippen molar-refractivity contribution < 1.29 is 9.59 Å². The zero-order valence-electron chi connectivity index (χ0n) is 15.1. The number of carbonyl (C=O) groups excluding carboxylic acids is 2. The van der Waals surface area contributed by atoms with Crippen molar-refractivity contribution >= 4 is 44.8 Å². The fourth-order valence-electron chi connectivity index (χ4n) is 3.08. The molecule has 1 atom stereocenters. The second kappa shape index (κ2) is 7.50. The van der Waals surface area contributed by atoms with E-state index in [1.807, 2.05) is 68.4 Å². The smallest absolute Gasteiger partial charge is 0.229 e. The van der Waals surface area contributed by atoms with E-state index in [9.17, 15) is 9.59 Å². The van der Waals surface area contributed by atoms with Gasteiger partial charge in [-0.25, -0.2) is 0 Å². The molecule has 1 N–H and O–H groups in total. The molecule has 1 heterocycles. The molecule has 0 aromatic heterocycles. The Bertz CT molecular complexity index is 851. The topological polar surface area (TPSA) is 52.7 Å². The highest BCUT2D eigenvalue weighted by Gasteiger charge is 2.35. The molecule has 6 heteroatoms. The number of hydrogen-bond acceptors (Lipinski definition) is 3. The summed E-state index contributed by atoms with van der Waals surface area (Å²) in [6.07, 6.45) is 0.229. The lowest BCUT2D eigenvalue weighted by molar-refractivity contribution is -0.122. The second-order valence-corrected chi connectivity index (χ2v) is 7.68.